The molecule has 17 heavy (non-hydrogen) atoms. The normalized spacial score (nSPS) is 21.9. The third-order valence-electron chi connectivity index (χ3n) is 2.85. The molecule has 1 saturated carbocycles. The molecule has 0 aromatic carbocycles. The van der Waals surface area contributed by atoms with Crippen molar-refractivity contribution in [1.29, 1.82) is 0 Å². The van der Waals surface area contributed by atoms with Gasteiger partial charge in [-0.25, -0.2) is 0 Å². The van der Waals surface area contributed by atoms with Crippen molar-refractivity contribution in [2.45, 2.75) is 12.8 Å². The van der Waals surface area contributed by atoms with Crippen molar-refractivity contribution in [3.05, 3.63) is 30.1 Å². The standard InChI is InChI=1S/C12H14N2O3/c15-11(9-7-10(9)12(16)17)14-6-4-8-3-1-2-5-13-8/h1-3,5,9-10H,4,6-7H2,(H,14,15)(H,16,17)/t9-,10+/m1/s1. The van der Waals surface area contributed by atoms with Crippen molar-refractivity contribution >= 4 is 11.9 Å². The third kappa shape index (κ3) is 3.03. The highest BCUT2D eigenvalue weighted by Crippen LogP contribution is 2.38. The van der Waals surface area contributed by atoms with Gasteiger partial charge in [0, 0.05) is 24.9 Å². The Labute approximate surface area is 98.9 Å². The average Bonchev–Trinajstić information content (AvgIpc) is 3.10. The summed E-state index contributed by atoms with van der Waals surface area (Å²) >= 11 is 0. The molecule has 0 spiro atoms. The van der Waals surface area contributed by atoms with E-state index in [2.05, 4.69) is 10.3 Å². The molecule has 5 nitrogen and oxygen atoms in total. The molecule has 2 atom stereocenters. The lowest BCUT2D eigenvalue weighted by molar-refractivity contribution is -0.140. The zero-order valence-corrected chi connectivity index (χ0v) is 9.30. The van der Waals surface area contributed by atoms with Crippen molar-refractivity contribution in [3.63, 3.8) is 0 Å². The predicted octanol–water partition coefficient (Wildman–Crippen LogP) is 0.461. The molecule has 1 aliphatic rings. The fourth-order valence-electron chi connectivity index (χ4n) is 1.75. The van der Waals surface area contributed by atoms with E-state index in [1.165, 1.54) is 0 Å². The minimum Gasteiger partial charge on any atom is -0.481 e. The number of carboxylic acids is 1. The van der Waals surface area contributed by atoms with E-state index in [1.54, 1.807) is 6.20 Å². The van der Waals surface area contributed by atoms with Crippen molar-refractivity contribution in [1.82, 2.24) is 10.3 Å². The van der Waals surface area contributed by atoms with Crippen LogP contribution in [0, 0.1) is 11.8 Å². The van der Waals surface area contributed by atoms with Crippen molar-refractivity contribution in [3.8, 4) is 0 Å². The van der Waals surface area contributed by atoms with Gasteiger partial charge in [0.1, 0.15) is 0 Å². The van der Waals surface area contributed by atoms with Crippen LogP contribution in [-0.2, 0) is 16.0 Å². The highest BCUT2D eigenvalue weighted by atomic mass is 16.4. The van der Waals surface area contributed by atoms with E-state index in [0.29, 0.717) is 19.4 Å². The van der Waals surface area contributed by atoms with Crippen LogP contribution in [0.5, 0.6) is 0 Å². The predicted molar refractivity (Wildman–Crippen MR) is 60.2 cm³/mol. The first-order valence-corrected chi connectivity index (χ1v) is 5.59. The molecule has 0 saturated heterocycles. The van der Waals surface area contributed by atoms with Crippen molar-refractivity contribution in [2.24, 2.45) is 11.8 Å². The molecular weight excluding hydrogens is 220 g/mol. The van der Waals surface area contributed by atoms with Crippen LogP contribution in [0.15, 0.2) is 24.4 Å². The second-order valence-electron chi connectivity index (χ2n) is 4.15. The van der Waals surface area contributed by atoms with Gasteiger partial charge in [0.25, 0.3) is 0 Å². The maximum absolute atomic E-state index is 11.5. The molecule has 0 radical (unpaired) electrons. The number of carbonyl (C=O) groups is 2. The second-order valence-corrected chi connectivity index (χ2v) is 4.15. The van der Waals surface area contributed by atoms with Gasteiger partial charge in [0.05, 0.1) is 11.8 Å². The first-order chi connectivity index (χ1) is 8.18. The molecule has 2 rings (SSSR count). The summed E-state index contributed by atoms with van der Waals surface area (Å²) in [5, 5.41) is 11.4. The molecule has 0 bridgehead atoms. The molecule has 1 aliphatic carbocycles. The average molecular weight is 234 g/mol. The van der Waals surface area contributed by atoms with Crippen LogP contribution in [0.25, 0.3) is 0 Å². The second kappa shape index (κ2) is 4.95. The Kier molecular flexibility index (Phi) is 3.37. The zero-order chi connectivity index (χ0) is 12.3. The monoisotopic (exact) mass is 234 g/mol. The summed E-state index contributed by atoms with van der Waals surface area (Å²) < 4.78 is 0. The minimum atomic E-state index is -0.880. The number of hydrogen-bond acceptors (Lipinski definition) is 3. The number of rotatable bonds is 5. The third-order valence-corrected chi connectivity index (χ3v) is 2.85. The van der Waals surface area contributed by atoms with Crippen molar-refractivity contribution < 1.29 is 14.7 Å². The molecule has 1 aromatic heterocycles. The van der Waals surface area contributed by atoms with E-state index in [-0.39, 0.29) is 11.8 Å². The molecule has 1 amide bonds. The van der Waals surface area contributed by atoms with Crippen LogP contribution in [0.3, 0.4) is 0 Å². The van der Waals surface area contributed by atoms with Gasteiger partial charge < -0.3 is 10.4 Å². The van der Waals surface area contributed by atoms with Crippen molar-refractivity contribution in [2.75, 3.05) is 6.54 Å². The van der Waals surface area contributed by atoms with Gasteiger partial charge >= 0.3 is 5.97 Å². The molecule has 1 heterocycles. The van der Waals surface area contributed by atoms with Crippen LogP contribution in [0.1, 0.15) is 12.1 Å². The summed E-state index contributed by atoms with van der Waals surface area (Å²) in [7, 11) is 0. The van der Waals surface area contributed by atoms with Gasteiger partial charge in [-0.2, -0.15) is 0 Å². The van der Waals surface area contributed by atoms with E-state index in [4.69, 9.17) is 5.11 Å². The van der Waals surface area contributed by atoms with Gasteiger partial charge in [0.15, 0.2) is 0 Å². The number of carbonyl (C=O) groups excluding carboxylic acids is 1. The largest absolute Gasteiger partial charge is 0.481 e. The number of amides is 1. The highest BCUT2D eigenvalue weighted by molar-refractivity contribution is 5.89. The Hall–Kier alpha value is -1.91. The number of nitrogens with one attached hydrogen (secondary N) is 1. The fraction of sp³-hybridized carbons (Fsp3) is 0.417. The van der Waals surface area contributed by atoms with Crippen LogP contribution in [0.4, 0.5) is 0 Å². The maximum Gasteiger partial charge on any atom is 0.307 e. The molecule has 1 aromatic rings. The van der Waals surface area contributed by atoms with Gasteiger partial charge in [0.2, 0.25) is 5.91 Å². The number of aliphatic carboxylic acids is 1. The van der Waals surface area contributed by atoms with E-state index in [9.17, 15) is 9.59 Å². The number of pyridine rings is 1. The summed E-state index contributed by atoms with van der Waals surface area (Å²) in [6.07, 6.45) is 2.83. The Bertz CT molecular complexity index is 419. The van der Waals surface area contributed by atoms with E-state index < -0.39 is 11.9 Å². The van der Waals surface area contributed by atoms with E-state index in [0.717, 1.165) is 5.69 Å². The Morgan fingerprint density at radius 3 is 2.82 bits per heavy atom. The van der Waals surface area contributed by atoms with Crippen LogP contribution >= 0.6 is 0 Å². The summed E-state index contributed by atoms with van der Waals surface area (Å²) in [5.74, 6) is -1.86. The zero-order valence-electron chi connectivity index (χ0n) is 9.30. The van der Waals surface area contributed by atoms with Gasteiger partial charge in [-0.3, -0.25) is 14.6 Å². The highest BCUT2D eigenvalue weighted by Gasteiger charge is 2.48. The lowest BCUT2D eigenvalue weighted by Gasteiger charge is -2.03. The van der Waals surface area contributed by atoms with E-state index in [1.807, 2.05) is 18.2 Å². The molecule has 5 heteroatoms. The molecule has 0 aliphatic heterocycles. The topological polar surface area (TPSA) is 79.3 Å². The number of carboxylic acid groups (broad SMARTS) is 1. The van der Waals surface area contributed by atoms with Crippen LogP contribution < -0.4 is 5.32 Å². The van der Waals surface area contributed by atoms with Gasteiger partial charge in [-0.15, -0.1) is 0 Å². The SMILES string of the molecule is O=C(O)[C@H]1C[C@H]1C(=O)NCCc1ccccn1. The molecule has 2 N–H and O–H groups in total. The lowest BCUT2D eigenvalue weighted by Crippen LogP contribution is -2.28. The first kappa shape index (κ1) is 11.6. The Balaban J connectivity index is 1.70. The molecule has 0 unspecified atom stereocenters. The Morgan fingerprint density at radius 2 is 2.24 bits per heavy atom. The molecular formula is C12H14N2O3. The number of nitrogens with zero attached hydrogens (tertiary/aromatic N) is 1. The summed E-state index contributed by atoms with van der Waals surface area (Å²) in [6, 6.07) is 5.62. The Morgan fingerprint density at radius 1 is 1.41 bits per heavy atom. The smallest absolute Gasteiger partial charge is 0.307 e. The summed E-state index contributed by atoms with van der Waals surface area (Å²) in [5.41, 5.74) is 0.915. The first-order valence-electron chi connectivity index (χ1n) is 5.59. The molecule has 90 valence electrons. The van der Waals surface area contributed by atoms with E-state index >= 15 is 0 Å². The van der Waals surface area contributed by atoms with Crippen LogP contribution in [0.2, 0.25) is 0 Å². The fourth-order valence-corrected chi connectivity index (χ4v) is 1.75. The van der Waals surface area contributed by atoms with Crippen LogP contribution in [-0.4, -0.2) is 28.5 Å². The number of hydrogen-bond donors (Lipinski definition) is 2. The quantitative estimate of drug-likeness (QED) is 0.775. The number of aromatic nitrogens is 1. The summed E-state index contributed by atoms with van der Waals surface area (Å²) in [4.78, 5) is 26.2. The maximum atomic E-state index is 11.5. The van der Waals surface area contributed by atoms with Gasteiger partial charge in [-0.05, 0) is 18.6 Å². The van der Waals surface area contributed by atoms with Gasteiger partial charge in [-0.1, -0.05) is 6.07 Å². The summed E-state index contributed by atoms with van der Waals surface area (Å²) in [6.45, 7) is 0.499. The lowest BCUT2D eigenvalue weighted by atomic mass is 10.2. The molecule has 1 fully saturated rings. The minimum absolute atomic E-state index is 0.159.